The smallest absolute Gasteiger partial charge is 0.248 e. The van der Waals surface area contributed by atoms with Crippen LogP contribution < -0.4 is 5.32 Å². The van der Waals surface area contributed by atoms with Crippen LogP contribution in [0.25, 0.3) is 0 Å². The molecule has 0 bridgehead atoms. The van der Waals surface area contributed by atoms with Crippen molar-refractivity contribution in [1.29, 1.82) is 0 Å². The third-order valence-corrected chi connectivity index (χ3v) is 4.69. The molecule has 0 aromatic rings. The zero-order valence-corrected chi connectivity index (χ0v) is 14.4. The second kappa shape index (κ2) is 7.28. The summed E-state index contributed by atoms with van der Waals surface area (Å²) in [4.78, 5) is 26.5. The molecule has 2 amide bonds. The Hall–Kier alpha value is -1.06. The number of piperazine rings is 1. The number of nitrogens with one attached hydrogen (secondary N) is 1. The fourth-order valence-corrected chi connectivity index (χ4v) is 3.21. The van der Waals surface area contributed by atoms with E-state index in [9.17, 15) is 9.59 Å². The zero-order valence-electron chi connectivity index (χ0n) is 14.4. The standard InChI is InChI=1S/C17H32N2O2/c1-6-9-10-11-16(4,5)13-19-12-14(20)18-17(7-2,8-3)15(19)21/h6-13H2,1-5H3,(H,18,20). The van der Waals surface area contributed by atoms with Crippen molar-refractivity contribution in [1.82, 2.24) is 10.2 Å². The van der Waals surface area contributed by atoms with E-state index in [1.807, 2.05) is 13.8 Å². The van der Waals surface area contributed by atoms with Crippen molar-refractivity contribution in [2.75, 3.05) is 13.1 Å². The molecular weight excluding hydrogens is 264 g/mol. The molecule has 4 heteroatoms. The molecule has 1 aliphatic heterocycles. The molecule has 0 aliphatic carbocycles. The van der Waals surface area contributed by atoms with Crippen LogP contribution in [0.1, 0.15) is 73.1 Å². The first kappa shape index (κ1) is 18.0. The molecule has 0 unspecified atom stereocenters. The van der Waals surface area contributed by atoms with Crippen LogP contribution in [0.5, 0.6) is 0 Å². The van der Waals surface area contributed by atoms with Gasteiger partial charge in [-0.05, 0) is 24.7 Å². The van der Waals surface area contributed by atoms with E-state index in [-0.39, 0.29) is 23.8 Å². The molecule has 0 saturated carbocycles. The fraction of sp³-hybridized carbons (Fsp3) is 0.882. The van der Waals surface area contributed by atoms with E-state index >= 15 is 0 Å². The molecule has 0 aromatic carbocycles. The maximum Gasteiger partial charge on any atom is 0.248 e. The maximum atomic E-state index is 12.8. The molecule has 1 aliphatic rings. The molecule has 4 nitrogen and oxygen atoms in total. The summed E-state index contributed by atoms with van der Waals surface area (Å²) in [7, 11) is 0. The second-order valence-electron chi connectivity index (χ2n) is 7.12. The predicted molar refractivity (Wildman–Crippen MR) is 86.0 cm³/mol. The van der Waals surface area contributed by atoms with Crippen molar-refractivity contribution in [2.45, 2.75) is 78.7 Å². The number of nitrogens with zero attached hydrogens (tertiary/aromatic N) is 1. The third-order valence-electron chi connectivity index (χ3n) is 4.69. The van der Waals surface area contributed by atoms with Gasteiger partial charge in [0.1, 0.15) is 5.54 Å². The van der Waals surface area contributed by atoms with Crippen molar-refractivity contribution in [2.24, 2.45) is 5.41 Å². The third kappa shape index (κ3) is 4.45. The summed E-state index contributed by atoms with van der Waals surface area (Å²) in [6.45, 7) is 11.4. The first-order chi connectivity index (χ1) is 9.80. The van der Waals surface area contributed by atoms with E-state index in [4.69, 9.17) is 0 Å². The lowest BCUT2D eigenvalue weighted by Crippen LogP contribution is -2.67. The maximum absolute atomic E-state index is 12.8. The van der Waals surface area contributed by atoms with Crippen LogP contribution in [0.3, 0.4) is 0 Å². The van der Waals surface area contributed by atoms with Gasteiger partial charge in [-0.15, -0.1) is 0 Å². The van der Waals surface area contributed by atoms with Gasteiger partial charge >= 0.3 is 0 Å². The predicted octanol–water partition coefficient (Wildman–Crippen LogP) is 3.11. The quantitative estimate of drug-likeness (QED) is 0.700. The topological polar surface area (TPSA) is 49.4 Å². The summed E-state index contributed by atoms with van der Waals surface area (Å²) in [5.74, 6) is 0.0679. The normalized spacial score (nSPS) is 18.8. The molecular formula is C17H32N2O2. The van der Waals surface area contributed by atoms with Crippen LogP contribution in [0.4, 0.5) is 0 Å². The fourth-order valence-electron chi connectivity index (χ4n) is 3.21. The Morgan fingerprint density at radius 3 is 2.29 bits per heavy atom. The first-order valence-electron chi connectivity index (χ1n) is 8.40. The Morgan fingerprint density at radius 2 is 1.76 bits per heavy atom. The minimum Gasteiger partial charge on any atom is -0.340 e. The summed E-state index contributed by atoms with van der Waals surface area (Å²) in [6, 6.07) is 0. The van der Waals surface area contributed by atoms with Crippen LogP contribution in [0.15, 0.2) is 0 Å². The van der Waals surface area contributed by atoms with Gasteiger partial charge in [0, 0.05) is 6.54 Å². The van der Waals surface area contributed by atoms with Crippen molar-refractivity contribution >= 4 is 11.8 Å². The molecule has 0 spiro atoms. The van der Waals surface area contributed by atoms with Crippen LogP contribution in [-0.4, -0.2) is 35.3 Å². The minimum atomic E-state index is -0.686. The summed E-state index contributed by atoms with van der Waals surface area (Å²) in [5.41, 5.74) is -0.621. The Labute approximate surface area is 129 Å². The second-order valence-corrected chi connectivity index (χ2v) is 7.12. The SMILES string of the molecule is CCCCCC(C)(C)CN1CC(=O)NC(CC)(CC)C1=O. The van der Waals surface area contributed by atoms with E-state index in [1.54, 1.807) is 4.90 Å². The van der Waals surface area contributed by atoms with E-state index in [0.717, 1.165) is 6.42 Å². The summed E-state index contributed by atoms with van der Waals surface area (Å²) in [5, 5.41) is 2.92. The molecule has 122 valence electrons. The highest BCUT2D eigenvalue weighted by atomic mass is 16.2. The van der Waals surface area contributed by atoms with Gasteiger partial charge in [0.15, 0.2) is 0 Å². The van der Waals surface area contributed by atoms with Gasteiger partial charge in [-0.2, -0.15) is 0 Å². The highest BCUT2D eigenvalue weighted by molar-refractivity contribution is 5.97. The summed E-state index contributed by atoms with van der Waals surface area (Å²) < 4.78 is 0. The Morgan fingerprint density at radius 1 is 1.14 bits per heavy atom. The summed E-state index contributed by atoms with van der Waals surface area (Å²) >= 11 is 0. The van der Waals surface area contributed by atoms with Gasteiger partial charge in [0.25, 0.3) is 0 Å². The van der Waals surface area contributed by atoms with E-state index in [1.165, 1.54) is 19.3 Å². The average molecular weight is 296 g/mol. The Bertz CT molecular complexity index is 373. The van der Waals surface area contributed by atoms with Crippen molar-refractivity contribution in [3.63, 3.8) is 0 Å². The van der Waals surface area contributed by atoms with Crippen LogP contribution in [0.2, 0.25) is 0 Å². The molecule has 1 N–H and O–H groups in total. The first-order valence-corrected chi connectivity index (χ1v) is 8.40. The monoisotopic (exact) mass is 296 g/mol. The lowest BCUT2D eigenvalue weighted by molar-refractivity contribution is -0.151. The Kier molecular flexibility index (Phi) is 6.24. The largest absolute Gasteiger partial charge is 0.340 e. The molecule has 1 saturated heterocycles. The number of carbonyl (C=O) groups is 2. The number of hydrogen-bond donors (Lipinski definition) is 1. The van der Waals surface area contributed by atoms with Gasteiger partial charge < -0.3 is 10.2 Å². The zero-order chi connectivity index (χ0) is 16.1. The van der Waals surface area contributed by atoms with E-state index in [0.29, 0.717) is 19.4 Å². The lowest BCUT2D eigenvalue weighted by atomic mass is 9.83. The molecule has 1 rings (SSSR count). The molecule has 1 fully saturated rings. The van der Waals surface area contributed by atoms with Gasteiger partial charge in [0.2, 0.25) is 11.8 Å². The number of hydrogen-bond acceptors (Lipinski definition) is 2. The molecule has 0 aromatic heterocycles. The Balaban J connectivity index is 2.77. The number of unbranched alkanes of at least 4 members (excludes halogenated alkanes) is 2. The van der Waals surface area contributed by atoms with Gasteiger partial charge in [0.05, 0.1) is 6.54 Å². The number of rotatable bonds is 8. The molecule has 0 radical (unpaired) electrons. The van der Waals surface area contributed by atoms with Crippen LogP contribution >= 0.6 is 0 Å². The van der Waals surface area contributed by atoms with E-state index < -0.39 is 5.54 Å². The lowest BCUT2D eigenvalue weighted by Gasteiger charge is -2.43. The average Bonchev–Trinajstić information content (AvgIpc) is 2.42. The highest BCUT2D eigenvalue weighted by Crippen LogP contribution is 2.29. The van der Waals surface area contributed by atoms with Gasteiger partial charge in [-0.1, -0.05) is 53.9 Å². The van der Waals surface area contributed by atoms with Crippen molar-refractivity contribution < 1.29 is 9.59 Å². The van der Waals surface area contributed by atoms with Crippen LogP contribution in [-0.2, 0) is 9.59 Å². The molecule has 1 heterocycles. The van der Waals surface area contributed by atoms with Gasteiger partial charge in [-0.25, -0.2) is 0 Å². The number of carbonyl (C=O) groups excluding carboxylic acids is 2. The highest BCUT2D eigenvalue weighted by Gasteiger charge is 2.44. The molecule has 0 atom stereocenters. The van der Waals surface area contributed by atoms with Crippen molar-refractivity contribution in [3.8, 4) is 0 Å². The van der Waals surface area contributed by atoms with Crippen molar-refractivity contribution in [3.05, 3.63) is 0 Å². The van der Waals surface area contributed by atoms with E-state index in [2.05, 4.69) is 26.1 Å². The number of amides is 2. The van der Waals surface area contributed by atoms with Crippen LogP contribution in [0, 0.1) is 5.41 Å². The summed E-state index contributed by atoms with van der Waals surface area (Å²) in [6.07, 6.45) is 6.02. The minimum absolute atomic E-state index is 0.0253. The molecule has 21 heavy (non-hydrogen) atoms. The van der Waals surface area contributed by atoms with Gasteiger partial charge in [-0.3, -0.25) is 9.59 Å².